The number of amides is 1. The SMILES string of the molecule is COc1ccc(NC(=O)c2ccc(N3CCC(C)CC3)c([N+](=O)[O-])c2)cn1. The van der Waals surface area contributed by atoms with E-state index in [-0.39, 0.29) is 11.3 Å². The summed E-state index contributed by atoms with van der Waals surface area (Å²) in [5.74, 6) is 0.635. The fraction of sp³-hybridized carbons (Fsp3) is 0.368. The molecule has 1 aliphatic rings. The van der Waals surface area contributed by atoms with Crippen molar-refractivity contribution in [3.8, 4) is 5.88 Å². The van der Waals surface area contributed by atoms with Crippen molar-refractivity contribution in [3.05, 3.63) is 52.2 Å². The molecule has 2 aromatic rings. The number of aromatic nitrogens is 1. The number of nitro groups is 1. The van der Waals surface area contributed by atoms with E-state index in [1.54, 1.807) is 24.3 Å². The highest BCUT2D eigenvalue weighted by Crippen LogP contribution is 2.32. The number of pyridine rings is 1. The third-order valence-corrected chi connectivity index (χ3v) is 4.76. The topological polar surface area (TPSA) is 97.6 Å². The maximum atomic E-state index is 12.5. The van der Waals surface area contributed by atoms with Crippen LogP contribution in [0.3, 0.4) is 0 Å². The van der Waals surface area contributed by atoms with Crippen LogP contribution in [0, 0.1) is 16.0 Å². The van der Waals surface area contributed by atoms with Gasteiger partial charge in [-0.15, -0.1) is 0 Å². The van der Waals surface area contributed by atoms with Crippen LogP contribution in [0.5, 0.6) is 5.88 Å². The Kier molecular flexibility index (Phi) is 5.54. The smallest absolute Gasteiger partial charge is 0.293 e. The molecule has 1 aromatic heterocycles. The lowest BCUT2D eigenvalue weighted by Crippen LogP contribution is -2.33. The van der Waals surface area contributed by atoms with Gasteiger partial charge in [-0.2, -0.15) is 0 Å². The van der Waals surface area contributed by atoms with Crippen LogP contribution in [0.4, 0.5) is 17.1 Å². The standard InChI is InChI=1S/C19H22N4O4/c1-13-7-9-22(10-8-13)16-5-3-14(11-17(16)23(25)26)19(24)21-15-4-6-18(27-2)20-12-15/h3-6,11-13H,7-10H2,1-2H3,(H,21,24). The van der Waals surface area contributed by atoms with Gasteiger partial charge in [-0.3, -0.25) is 14.9 Å². The number of carbonyl (C=O) groups is 1. The second kappa shape index (κ2) is 8.03. The Morgan fingerprint density at radius 3 is 2.63 bits per heavy atom. The summed E-state index contributed by atoms with van der Waals surface area (Å²) in [5.41, 5.74) is 1.23. The zero-order valence-electron chi connectivity index (χ0n) is 15.3. The van der Waals surface area contributed by atoms with Gasteiger partial charge in [0.15, 0.2) is 0 Å². The van der Waals surface area contributed by atoms with Crippen molar-refractivity contribution in [2.45, 2.75) is 19.8 Å². The lowest BCUT2D eigenvalue weighted by molar-refractivity contribution is -0.384. The van der Waals surface area contributed by atoms with Crippen molar-refractivity contribution in [1.29, 1.82) is 0 Å². The van der Waals surface area contributed by atoms with Crippen LogP contribution in [0.25, 0.3) is 0 Å². The van der Waals surface area contributed by atoms with Crippen molar-refractivity contribution in [1.82, 2.24) is 4.98 Å². The zero-order chi connectivity index (χ0) is 19.4. The van der Waals surface area contributed by atoms with Gasteiger partial charge in [0.1, 0.15) is 5.69 Å². The number of piperidine rings is 1. The predicted molar refractivity (Wildman–Crippen MR) is 102 cm³/mol. The van der Waals surface area contributed by atoms with Crippen LogP contribution in [-0.4, -0.2) is 36.0 Å². The maximum Gasteiger partial charge on any atom is 0.293 e. The Morgan fingerprint density at radius 1 is 1.30 bits per heavy atom. The van der Waals surface area contributed by atoms with Crippen LogP contribution in [0.2, 0.25) is 0 Å². The Labute approximate surface area is 157 Å². The highest BCUT2D eigenvalue weighted by atomic mass is 16.6. The first-order valence-electron chi connectivity index (χ1n) is 8.82. The van der Waals surface area contributed by atoms with Gasteiger partial charge >= 0.3 is 0 Å². The molecule has 1 N–H and O–H groups in total. The summed E-state index contributed by atoms with van der Waals surface area (Å²) in [4.78, 5) is 29.6. The molecule has 2 heterocycles. The third kappa shape index (κ3) is 4.33. The quantitative estimate of drug-likeness (QED) is 0.639. The Morgan fingerprint density at radius 2 is 2.04 bits per heavy atom. The van der Waals surface area contributed by atoms with E-state index in [4.69, 9.17) is 4.74 Å². The van der Waals surface area contributed by atoms with Gasteiger partial charge in [0, 0.05) is 30.8 Å². The zero-order valence-corrected chi connectivity index (χ0v) is 15.3. The summed E-state index contributed by atoms with van der Waals surface area (Å²) in [7, 11) is 1.50. The predicted octanol–water partition coefficient (Wildman–Crippen LogP) is 3.49. The molecule has 3 rings (SSSR count). The second-order valence-corrected chi connectivity index (χ2v) is 6.67. The first kappa shape index (κ1) is 18.6. The molecule has 0 spiro atoms. The molecule has 27 heavy (non-hydrogen) atoms. The largest absolute Gasteiger partial charge is 0.481 e. The van der Waals surface area contributed by atoms with Crippen LogP contribution in [-0.2, 0) is 0 Å². The van der Waals surface area contributed by atoms with Crippen molar-refractivity contribution in [3.63, 3.8) is 0 Å². The summed E-state index contributed by atoms with van der Waals surface area (Å²) in [6, 6.07) is 7.89. The van der Waals surface area contributed by atoms with Gasteiger partial charge in [-0.05, 0) is 37.0 Å². The summed E-state index contributed by atoms with van der Waals surface area (Å²) >= 11 is 0. The number of nitrogens with one attached hydrogen (secondary N) is 1. The second-order valence-electron chi connectivity index (χ2n) is 6.67. The summed E-state index contributed by atoms with van der Waals surface area (Å²) in [6.45, 7) is 3.75. The van der Waals surface area contributed by atoms with E-state index in [9.17, 15) is 14.9 Å². The van der Waals surface area contributed by atoms with Crippen molar-refractivity contribution in [2.24, 2.45) is 5.92 Å². The number of carbonyl (C=O) groups excluding carboxylic acids is 1. The minimum absolute atomic E-state index is 0.0509. The molecule has 1 saturated heterocycles. The van der Waals surface area contributed by atoms with E-state index in [1.807, 2.05) is 4.90 Å². The highest BCUT2D eigenvalue weighted by molar-refractivity contribution is 6.05. The molecule has 0 unspecified atom stereocenters. The fourth-order valence-electron chi connectivity index (χ4n) is 3.11. The van der Waals surface area contributed by atoms with Gasteiger partial charge in [-0.25, -0.2) is 4.98 Å². The summed E-state index contributed by atoms with van der Waals surface area (Å²) in [6.07, 6.45) is 3.47. The fourth-order valence-corrected chi connectivity index (χ4v) is 3.11. The average molecular weight is 370 g/mol. The van der Waals surface area contributed by atoms with Gasteiger partial charge in [0.2, 0.25) is 5.88 Å². The average Bonchev–Trinajstić information content (AvgIpc) is 2.68. The molecule has 1 aromatic carbocycles. The van der Waals surface area contributed by atoms with Crippen LogP contribution in [0.15, 0.2) is 36.5 Å². The molecule has 0 atom stereocenters. The van der Waals surface area contributed by atoms with E-state index in [2.05, 4.69) is 17.2 Å². The minimum Gasteiger partial charge on any atom is -0.481 e. The number of hydrogen-bond acceptors (Lipinski definition) is 6. The number of nitrogens with zero attached hydrogens (tertiary/aromatic N) is 3. The van der Waals surface area contributed by atoms with Crippen LogP contribution < -0.4 is 15.0 Å². The van der Waals surface area contributed by atoms with Crippen molar-refractivity contribution < 1.29 is 14.5 Å². The third-order valence-electron chi connectivity index (χ3n) is 4.76. The molecule has 0 saturated carbocycles. The molecular formula is C19H22N4O4. The molecule has 1 fully saturated rings. The van der Waals surface area contributed by atoms with Crippen molar-refractivity contribution >= 4 is 23.0 Å². The number of ether oxygens (including phenoxy) is 1. The Hall–Kier alpha value is -3.16. The molecular weight excluding hydrogens is 348 g/mol. The number of hydrogen-bond donors (Lipinski definition) is 1. The van der Waals surface area contributed by atoms with Gasteiger partial charge in [-0.1, -0.05) is 6.92 Å². The van der Waals surface area contributed by atoms with Gasteiger partial charge in [0.25, 0.3) is 11.6 Å². The number of rotatable bonds is 5. The molecule has 0 radical (unpaired) electrons. The molecule has 1 aliphatic heterocycles. The Balaban J connectivity index is 1.80. The van der Waals surface area contributed by atoms with E-state index >= 15 is 0 Å². The monoisotopic (exact) mass is 370 g/mol. The number of benzene rings is 1. The lowest BCUT2D eigenvalue weighted by Gasteiger charge is -2.31. The summed E-state index contributed by atoms with van der Waals surface area (Å²) in [5, 5.41) is 14.2. The number of methoxy groups -OCH3 is 1. The first-order chi connectivity index (χ1) is 13.0. The van der Waals surface area contributed by atoms with Crippen LogP contribution >= 0.6 is 0 Å². The lowest BCUT2D eigenvalue weighted by atomic mass is 9.98. The normalized spacial score (nSPS) is 14.7. The highest BCUT2D eigenvalue weighted by Gasteiger charge is 2.24. The van der Waals surface area contributed by atoms with E-state index in [1.165, 1.54) is 19.4 Å². The number of nitro benzene ring substituents is 1. The van der Waals surface area contributed by atoms with Gasteiger partial charge < -0.3 is 15.0 Å². The molecule has 142 valence electrons. The van der Waals surface area contributed by atoms with E-state index in [0.717, 1.165) is 25.9 Å². The van der Waals surface area contributed by atoms with Crippen molar-refractivity contribution in [2.75, 3.05) is 30.4 Å². The maximum absolute atomic E-state index is 12.5. The molecule has 0 bridgehead atoms. The Bertz CT molecular complexity index is 830. The van der Waals surface area contributed by atoms with Gasteiger partial charge in [0.05, 0.1) is 23.9 Å². The molecule has 8 heteroatoms. The molecule has 0 aliphatic carbocycles. The van der Waals surface area contributed by atoms with E-state index < -0.39 is 10.8 Å². The van der Waals surface area contributed by atoms with E-state index in [0.29, 0.717) is 23.2 Å². The minimum atomic E-state index is -0.431. The number of anilines is 2. The molecule has 8 nitrogen and oxygen atoms in total. The first-order valence-corrected chi connectivity index (χ1v) is 8.82. The molecule has 1 amide bonds. The van der Waals surface area contributed by atoms with Crippen LogP contribution in [0.1, 0.15) is 30.1 Å². The summed E-state index contributed by atoms with van der Waals surface area (Å²) < 4.78 is 4.97.